The van der Waals surface area contributed by atoms with Crippen LogP contribution >= 0.6 is 11.3 Å². The molecule has 6 nitrogen and oxygen atoms in total. The molecule has 0 saturated carbocycles. The molecule has 1 aromatic heterocycles. The van der Waals surface area contributed by atoms with Crippen molar-refractivity contribution in [2.45, 2.75) is 17.6 Å². The number of alkyl halides is 3. The number of hydrogen-bond acceptors (Lipinski definition) is 5. The van der Waals surface area contributed by atoms with Crippen molar-refractivity contribution in [3.05, 3.63) is 76.5 Å². The van der Waals surface area contributed by atoms with Crippen LogP contribution in [0, 0.1) is 0 Å². The average molecular weight is 470 g/mol. The lowest BCUT2D eigenvalue weighted by molar-refractivity contribution is -0.153. The summed E-state index contributed by atoms with van der Waals surface area (Å²) in [5.74, 6) is -0.487. The number of sulfonamides is 1. The van der Waals surface area contributed by atoms with Gasteiger partial charge in [-0.25, -0.2) is 13.1 Å². The summed E-state index contributed by atoms with van der Waals surface area (Å²) in [7, 11) is -3.73. The van der Waals surface area contributed by atoms with Crippen molar-refractivity contribution in [1.82, 2.24) is 4.72 Å². The van der Waals surface area contributed by atoms with Gasteiger partial charge in [0.25, 0.3) is 5.91 Å². The molecule has 0 spiro atoms. The molecule has 0 saturated heterocycles. The van der Waals surface area contributed by atoms with Gasteiger partial charge in [0, 0.05) is 22.7 Å². The van der Waals surface area contributed by atoms with E-state index in [4.69, 9.17) is 0 Å². The molecule has 0 bridgehead atoms. The smallest absolute Gasteiger partial charge is 0.422 e. The van der Waals surface area contributed by atoms with Gasteiger partial charge < -0.3 is 10.1 Å². The molecule has 1 amide bonds. The fourth-order valence-electron chi connectivity index (χ4n) is 2.45. The Morgan fingerprint density at radius 2 is 1.68 bits per heavy atom. The third-order valence-corrected chi connectivity index (χ3v) is 6.25. The van der Waals surface area contributed by atoms with Gasteiger partial charge in [0.1, 0.15) is 5.75 Å². The zero-order valence-corrected chi connectivity index (χ0v) is 17.5. The van der Waals surface area contributed by atoms with Crippen molar-refractivity contribution in [1.29, 1.82) is 0 Å². The summed E-state index contributed by atoms with van der Waals surface area (Å²) in [5.41, 5.74) is 0.563. The highest BCUT2D eigenvalue weighted by atomic mass is 32.2. The first-order valence-electron chi connectivity index (χ1n) is 8.85. The number of amides is 1. The molecule has 1 heterocycles. The lowest BCUT2D eigenvalue weighted by atomic mass is 10.2. The third-order valence-electron chi connectivity index (χ3n) is 3.96. The Kier molecular flexibility index (Phi) is 6.98. The molecule has 0 aliphatic rings. The van der Waals surface area contributed by atoms with E-state index in [1.54, 1.807) is 0 Å². The van der Waals surface area contributed by atoms with E-state index in [-0.39, 0.29) is 22.8 Å². The second-order valence-electron chi connectivity index (χ2n) is 6.31. The van der Waals surface area contributed by atoms with Crippen LogP contribution in [-0.2, 0) is 16.6 Å². The normalized spacial score (nSPS) is 11.8. The Labute approximate surface area is 180 Å². The highest BCUT2D eigenvalue weighted by Gasteiger charge is 2.28. The zero-order chi connectivity index (χ0) is 22.5. The summed E-state index contributed by atoms with van der Waals surface area (Å²) in [4.78, 5) is 13.2. The largest absolute Gasteiger partial charge is 0.484 e. The Bertz CT molecular complexity index is 1110. The molecule has 0 aliphatic carbocycles. The van der Waals surface area contributed by atoms with Crippen LogP contribution in [0.25, 0.3) is 0 Å². The molecule has 2 N–H and O–H groups in total. The molecule has 31 heavy (non-hydrogen) atoms. The van der Waals surface area contributed by atoms with Gasteiger partial charge in [0.15, 0.2) is 6.61 Å². The maximum absolute atomic E-state index is 12.4. The number of nitrogens with one attached hydrogen (secondary N) is 2. The lowest BCUT2D eigenvalue weighted by Crippen LogP contribution is -2.23. The standard InChI is InChI=1S/C20H17F3N2O4S2/c21-20(22,23)13-29-16-7-5-15(6-8-16)25-19(26)14-3-9-18(10-4-14)31(27,28)24-12-17-2-1-11-30-17/h1-11,24H,12-13H2,(H,25,26). The quantitative estimate of drug-likeness (QED) is 0.511. The van der Waals surface area contributed by atoms with Gasteiger partial charge in [-0.2, -0.15) is 13.2 Å². The number of ether oxygens (including phenoxy) is 1. The maximum atomic E-state index is 12.4. The first kappa shape index (κ1) is 22.8. The summed E-state index contributed by atoms with van der Waals surface area (Å²) in [6.07, 6.45) is -4.44. The van der Waals surface area contributed by atoms with Crippen LogP contribution in [0.1, 0.15) is 15.2 Å². The molecule has 3 aromatic rings. The molecule has 0 fully saturated rings. The number of benzene rings is 2. The number of halogens is 3. The predicted molar refractivity (Wildman–Crippen MR) is 111 cm³/mol. The molecule has 0 radical (unpaired) electrons. The summed E-state index contributed by atoms with van der Waals surface area (Å²) in [6.45, 7) is -1.24. The van der Waals surface area contributed by atoms with E-state index < -0.39 is 28.7 Å². The number of rotatable bonds is 8. The second kappa shape index (κ2) is 9.50. The van der Waals surface area contributed by atoms with Gasteiger partial charge in [-0.05, 0) is 60.0 Å². The van der Waals surface area contributed by atoms with Gasteiger partial charge in [-0.1, -0.05) is 6.07 Å². The van der Waals surface area contributed by atoms with Crippen molar-refractivity contribution in [3.8, 4) is 5.75 Å². The van der Waals surface area contributed by atoms with Crippen LogP contribution in [0.3, 0.4) is 0 Å². The molecule has 2 aromatic carbocycles. The number of thiophene rings is 1. The van der Waals surface area contributed by atoms with Crippen LogP contribution in [0.5, 0.6) is 5.75 Å². The number of carbonyl (C=O) groups excluding carboxylic acids is 1. The van der Waals surface area contributed by atoms with E-state index >= 15 is 0 Å². The summed E-state index contributed by atoms with van der Waals surface area (Å²) < 4.78 is 68.3. The molecule has 11 heteroatoms. The molecule has 0 aliphatic heterocycles. The van der Waals surface area contributed by atoms with Crippen molar-refractivity contribution in [2.24, 2.45) is 0 Å². The van der Waals surface area contributed by atoms with E-state index in [9.17, 15) is 26.4 Å². The van der Waals surface area contributed by atoms with Gasteiger partial charge in [0.2, 0.25) is 10.0 Å². The topological polar surface area (TPSA) is 84.5 Å². The minimum atomic E-state index is -4.44. The Balaban J connectivity index is 1.58. The van der Waals surface area contributed by atoms with E-state index in [0.717, 1.165) is 4.88 Å². The molecule has 164 valence electrons. The Hall–Kier alpha value is -2.89. The zero-order valence-electron chi connectivity index (χ0n) is 15.8. The highest BCUT2D eigenvalue weighted by Crippen LogP contribution is 2.21. The van der Waals surface area contributed by atoms with Crippen LogP contribution in [0.4, 0.5) is 18.9 Å². The summed E-state index contributed by atoms with van der Waals surface area (Å²) in [5, 5.41) is 4.43. The first-order valence-corrected chi connectivity index (χ1v) is 11.2. The maximum Gasteiger partial charge on any atom is 0.422 e. The minimum Gasteiger partial charge on any atom is -0.484 e. The van der Waals surface area contributed by atoms with Crippen LogP contribution in [0.15, 0.2) is 70.9 Å². The second-order valence-corrected chi connectivity index (χ2v) is 9.11. The van der Waals surface area contributed by atoms with Gasteiger partial charge in [-0.15, -0.1) is 11.3 Å². The summed E-state index contributed by atoms with van der Waals surface area (Å²) >= 11 is 1.43. The highest BCUT2D eigenvalue weighted by molar-refractivity contribution is 7.89. The molecule has 3 rings (SSSR count). The van der Waals surface area contributed by atoms with E-state index in [2.05, 4.69) is 14.8 Å². The van der Waals surface area contributed by atoms with Crippen LogP contribution in [0.2, 0.25) is 0 Å². The SMILES string of the molecule is O=C(Nc1ccc(OCC(F)(F)F)cc1)c1ccc(S(=O)(=O)NCc2cccs2)cc1. The van der Waals surface area contributed by atoms with Gasteiger partial charge >= 0.3 is 6.18 Å². The van der Waals surface area contributed by atoms with Crippen LogP contribution in [-0.4, -0.2) is 27.1 Å². The van der Waals surface area contributed by atoms with Gasteiger partial charge in [-0.3, -0.25) is 4.79 Å². The predicted octanol–water partition coefficient (Wildman–Crippen LogP) is 4.42. The van der Waals surface area contributed by atoms with Crippen LogP contribution < -0.4 is 14.8 Å². The fraction of sp³-hybridized carbons (Fsp3) is 0.150. The van der Waals surface area contributed by atoms with Gasteiger partial charge in [0.05, 0.1) is 4.90 Å². The number of hydrogen-bond donors (Lipinski definition) is 2. The van der Waals surface area contributed by atoms with E-state index in [0.29, 0.717) is 5.69 Å². The van der Waals surface area contributed by atoms with Crippen molar-refractivity contribution in [2.75, 3.05) is 11.9 Å². The minimum absolute atomic E-state index is 0.0138. The number of anilines is 1. The third kappa shape index (κ3) is 6.81. The first-order chi connectivity index (χ1) is 14.6. The number of carbonyl (C=O) groups is 1. The Morgan fingerprint density at radius 3 is 2.26 bits per heavy atom. The monoisotopic (exact) mass is 470 g/mol. The van der Waals surface area contributed by atoms with Crippen molar-refractivity contribution < 1.29 is 31.1 Å². The molecule has 0 atom stereocenters. The van der Waals surface area contributed by atoms with E-state index in [1.807, 2.05) is 17.5 Å². The van der Waals surface area contributed by atoms with E-state index in [1.165, 1.54) is 59.9 Å². The average Bonchev–Trinajstić information content (AvgIpc) is 3.25. The Morgan fingerprint density at radius 1 is 1.00 bits per heavy atom. The molecular formula is C20H17F3N2O4S2. The lowest BCUT2D eigenvalue weighted by Gasteiger charge is -2.10. The molecular weight excluding hydrogens is 453 g/mol. The summed E-state index contributed by atoms with van der Waals surface area (Å²) in [6, 6.07) is 14.4. The van der Waals surface area contributed by atoms with Crippen molar-refractivity contribution >= 4 is 33.0 Å². The van der Waals surface area contributed by atoms with Crippen molar-refractivity contribution in [3.63, 3.8) is 0 Å². The fourth-order valence-corrected chi connectivity index (χ4v) is 4.19. The molecule has 0 unspecified atom stereocenters.